The molecule has 1 N–H and O–H groups in total. The molecule has 0 atom stereocenters. The predicted molar refractivity (Wildman–Crippen MR) is 71.7 cm³/mol. The molecule has 1 amide bonds. The number of carbonyl (C=O) groups excluding carboxylic acids is 1. The Morgan fingerprint density at radius 1 is 1.12 bits per heavy atom. The minimum absolute atomic E-state index is 0.206. The number of hydrogen-bond acceptors (Lipinski definition) is 2. The van der Waals surface area contributed by atoms with E-state index >= 15 is 0 Å². The van der Waals surface area contributed by atoms with Gasteiger partial charge in [-0.25, -0.2) is 0 Å². The first-order valence-electron chi connectivity index (χ1n) is 7.11. The second kappa shape index (κ2) is 9.46. The number of likely N-dealkylation sites (tertiary alicyclic amines) is 1. The molecular formula is C14H27N2O. The lowest BCUT2D eigenvalue weighted by Crippen LogP contribution is -2.30. The van der Waals surface area contributed by atoms with Crippen LogP contribution in [0.2, 0.25) is 0 Å². The van der Waals surface area contributed by atoms with Crippen molar-refractivity contribution in [3.05, 3.63) is 6.92 Å². The Morgan fingerprint density at radius 3 is 2.59 bits per heavy atom. The molecule has 1 heterocycles. The van der Waals surface area contributed by atoms with Crippen molar-refractivity contribution in [2.75, 3.05) is 26.2 Å². The smallest absolute Gasteiger partial charge is 0.219 e. The van der Waals surface area contributed by atoms with Crippen LogP contribution in [0.5, 0.6) is 0 Å². The maximum atomic E-state index is 11.4. The summed E-state index contributed by atoms with van der Waals surface area (Å²) in [5.74, 6) is 0.206. The Balaban J connectivity index is 1.90. The van der Waals surface area contributed by atoms with Crippen LogP contribution in [0.3, 0.4) is 0 Å². The topological polar surface area (TPSA) is 32.3 Å². The lowest BCUT2D eigenvalue weighted by molar-refractivity contribution is -0.121. The van der Waals surface area contributed by atoms with Gasteiger partial charge in [0.2, 0.25) is 5.91 Å². The normalized spacial score (nSPS) is 17.0. The SMILES string of the molecule is [CH2]CCCNC(=O)CCCCN1CCCCC1. The average Bonchev–Trinajstić information content (AvgIpc) is 2.36. The Morgan fingerprint density at radius 2 is 1.88 bits per heavy atom. The summed E-state index contributed by atoms with van der Waals surface area (Å²) in [6.07, 6.45) is 8.84. The molecule has 0 spiro atoms. The number of nitrogens with zero attached hydrogens (tertiary/aromatic N) is 1. The number of amides is 1. The van der Waals surface area contributed by atoms with E-state index in [1.165, 1.54) is 38.9 Å². The molecule has 0 saturated carbocycles. The molecule has 3 nitrogen and oxygen atoms in total. The largest absolute Gasteiger partial charge is 0.356 e. The van der Waals surface area contributed by atoms with Crippen LogP contribution >= 0.6 is 0 Å². The van der Waals surface area contributed by atoms with Gasteiger partial charge in [0.15, 0.2) is 0 Å². The van der Waals surface area contributed by atoms with Gasteiger partial charge in [0.05, 0.1) is 0 Å². The number of hydrogen-bond donors (Lipinski definition) is 1. The van der Waals surface area contributed by atoms with Crippen molar-refractivity contribution < 1.29 is 4.79 Å². The van der Waals surface area contributed by atoms with E-state index < -0.39 is 0 Å². The van der Waals surface area contributed by atoms with Gasteiger partial charge in [-0.15, -0.1) is 0 Å². The van der Waals surface area contributed by atoms with E-state index in [1.807, 2.05) is 0 Å². The second-order valence-corrected chi connectivity index (χ2v) is 4.92. The molecule has 0 aliphatic carbocycles. The molecule has 1 aliphatic heterocycles. The van der Waals surface area contributed by atoms with Crippen LogP contribution in [0, 0.1) is 6.92 Å². The summed E-state index contributed by atoms with van der Waals surface area (Å²) < 4.78 is 0. The van der Waals surface area contributed by atoms with Crippen molar-refractivity contribution in [2.24, 2.45) is 0 Å². The summed E-state index contributed by atoms with van der Waals surface area (Å²) in [6, 6.07) is 0. The summed E-state index contributed by atoms with van der Waals surface area (Å²) >= 11 is 0. The zero-order valence-electron chi connectivity index (χ0n) is 11.0. The first kappa shape index (κ1) is 14.5. The number of piperidine rings is 1. The molecule has 0 unspecified atom stereocenters. The van der Waals surface area contributed by atoms with Crippen molar-refractivity contribution in [1.29, 1.82) is 0 Å². The van der Waals surface area contributed by atoms with Crippen molar-refractivity contribution in [1.82, 2.24) is 10.2 Å². The van der Waals surface area contributed by atoms with Gasteiger partial charge in [-0.05, 0) is 51.7 Å². The maximum Gasteiger partial charge on any atom is 0.219 e. The van der Waals surface area contributed by atoms with Crippen LogP contribution in [0.25, 0.3) is 0 Å². The molecule has 1 aliphatic rings. The standard InChI is InChI=1S/C14H27N2O/c1-2-3-10-15-14(17)9-5-8-13-16-11-6-4-7-12-16/h1-13H2,(H,15,17). The fourth-order valence-corrected chi connectivity index (χ4v) is 2.25. The Labute approximate surface area is 106 Å². The van der Waals surface area contributed by atoms with E-state index in [0.29, 0.717) is 6.42 Å². The maximum absolute atomic E-state index is 11.4. The van der Waals surface area contributed by atoms with Crippen LogP contribution in [0.4, 0.5) is 0 Å². The number of unbranched alkanes of at least 4 members (excludes halogenated alkanes) is 2. The van der Waals surface area contributed by atoms with E-state index in [9.17, 15) is 4.79 Å². The van der Waals surface area contributed by atoms with Crippen LogP contribution in [-0.2, 0) is 4.79 Å². The van der Waals surface area contributed by atoms with E-state index in [1.54, 1.807) is 0 Å². The number of nitrogens with one attached hydrogen (secondary N) is 1. The summed E-state index contributed by atoms with van der Waals surface area (Å²) in [4.78, 5) is 14.0. The molecule has 17 heavy (non-hydrogen) atoms. The molecule has 1 fully saturated rings. The average molecular weight is 239 g/mol. The molecule has 0 aromatic rings. The lowest BCUT2D eigenvalue weighted by atomic mass is 10.1. The van der Waals surface area contributed by atoms with Gasteiger partial charge in [-0.1, -0.05) is 19.8 Å². The van der Waals surface area contributed by atoms with Gasteiger partial charge < -0.3 is 10.2 Å². The van der Waals surface area contributed by atoms with Gasteiger partial charge in [0, 0.05) is 13.0 Å². The van der Waals surface area contributed by atoms with Gasteiger partial charge >= 0.3 is 0 Å². The van der Waals surface area contributed by atoms with Gasteiger partial charge in [-0.2, -0.15) is 0 Å². The summed E-state index contributed by atoms with van der Waals surface area (Å²) in [5.41, 5.74) is 0. The fourth-order valence-electron chi connectivity index (χ4n) is 2.25. The van der Waals surface area contributed by atoms with Crippen LogP contribution in [-0.4, -0.2) is 37.0 Å². The molecule has 1 rings (SSSR count). The molecular weight excluding hydrogens is 212 g/mol. The van der Waals surface area contributed by atoms with Gasteiger partial charge in [0.1, 0.15) is 0 Å². The van der Waals surface area contributed by atoms with E-state index in [0.717, 1.165) is 32.2 Å². The molecule has 1 saturated heterocycles. The van der Waals surface area contributed by atoms with Crippen molar-refractivity contribution >= 4 is 5.91 Å². The summed E-state index contributed by atoms with van der Waals surface area (Å²) in [7, 11) is 0. The monoisotopic (exact) mass is 239 g/mol. The summed E-state index contributed by atoms with van der Waals surface area (Å²) in [5, 5.41) is 2.93. The third kappa shape index (κ3) is 7.37. The highest BCUT2D eigenvalue weighted by Crippen LogP contribution is 2.09. The minimum atomic E-state index is 0.206. The highest BCUT2D eigenvalue weighted by Gasteiger charge is 2.09. The first-order chi connectivity index (χ1) is 8.33. The molecule has 0 aromatic heterocycles. The molecule has 99 valence electrons. The quantitative estimate of drug-likeness (QED) is 0.660. The second-order valence-electron chi connectivity index (χ2n) is 4.92. The Kier molecular flexibility index (Phi) is 8.06. The van der Waals surface area contributed by atoms with E-state index in [-0.39, 0.29) is 5.91 Å². The van der Waals surface area contributed by atoms with Crippen LogP contribution in [0.1, 0.15) is 51.4 Å². The van der Waals surface area contributed by atoms with E-state index in [4.69, 9.17) is 0 Å². The van der Waals surface area contributed by atoms with Crippen molar-refractivity contribution in [3.8, 4) is 0 Å². The van der Waals surface area contributed by atoms with Crippen molar-refractivity contribution in [3.63, 3.8) is 0 Å². The highest BCUT2D eigenvalue weighted by molar-refractivity contribution is 5.75. The van der Waals surface area contributed by atoms with Gasteiger partial charge in [-0.3, -0.25) is 4.79 Å². The minimum Gasteiger partial charge on any atom is -0.356 e. The molecule has 0 aromatic carbocycles. The highest BCUT2D eigenvalue weighted by atomic mass is 16.1. The van der Waals surface area contributed by atoms with E-state index in [2.05, 4.69) is 17.1 Å². The molecule has 3 heteroatoms. The first-order valence-corrected chi connectivity index (χ1v) is 7.11. The third-order valence-corrected chi connectivity index (χ3v) is 3.33. The predicted octanol–water partition coefficient (Wildman–Crippen LogP) is 2.37. The van der Waals surface area contributed by atoms with Crippen LogP contribution in [0.15, 0.2) is 0 Å². The molecule has 1 radical (unpaired) electrons. The molecule has 0 bridgehead atoms. The Bertz CT molecular complexity index is 200. The number of rotatable bonds is 8. The van der Waals surface area contributed by atoms with Gasteiger partial charge in [0.25, 0.3) is 0 Å². The van der Waals surface area contributed by atoms with Crippen LogP contribution < -0.4 is 5.32 Å². The zero-order valence-corrected chi connectivity index (χ0v) is 11.0. The van der Waals surface area contributed by atoms with Crippen molar-refractivity contribution in [2.45, 2.75) is 51.4 Å². The zero-order chi connectivity index (χ0) is 12.3. The summed E-state index contributed by atoms with van der Waals surface area (Å²) in [6.45, 7) is 8.23. The fraction of sp³-hybridized carbons (Fsp3) is 0.857. The number of carbonyl (C=O) groups is 1. The lowest BCUT2D eigenvalue weighted by Gasteiger charge is -2.26. The third-order valence-electron chi connectivity index (χ3n) is 3.33. The Hall–Kier alpha value is -0.570.